The Hall–Kier alpha value is -1.99. The quantitative estimate of drug-likeness (QED) is 0.713. The van der Waals surface area contributed by atoms with Gasteiger partial charge in [0.15, 0.2) is 0 Å². The molecular formula is C17H24N6S. The van der Waals surface area contributed by atoms with Crippen LogP contribution in [-0.2, 0) is 6.54 Å². The predicted molar refractivity (Wildman–Crippen MR) is 96.2 cm³/mol. The molecule has 0 aromatic carbocycles. The largest absolute Gasteiger partial charge is 0.294 e. The summed E-state index contributed by atoms with van der Waals surface area (Å²) < 4.78 is 4.04. The summed E-state index contributed by atoms with van der Waals surface area (Å²) in [5, 5.41) is 8.94. The third kappa shape index (κ3) is 3.01. The van der Waals surface area contributed by atoms with Crippen LogP contribution in [0.3, 0.4) is 0 Å². The molecule has 0 spiro atoms. The van der Waals surface area contributed by atoms with Gasteiger partial charge in [-0.05, 0) is 53.3 Å². The first-order valence-corrected chi connectivity index (χ1v) is 8.87. The van der Waals surface area contributed by atoms with Crippen LogP contribution in [-0.4, -0.2) is 36.5 Å². The van der Waals surface area contributed by atoms with E-state index in [1.807, 2.05) is 4.68 Å². The van der Waals surface area contributed by atoms with E-state index >= 15 is 0 Å². The molecule has 3 aromatic rings. The van der Waals surface area contributed by atoms with Gasteiger partial charge in [0.25, 0.3) is 0 Å². The summed E-state index contributed by atoms with van der Waals surface area (Å²) >= 11 is 1.77. The van der Waals surface area contributed by atoms with Crippen molar-refractivity contribution in [1.82, 2.24) is 29.4 Å². The molecule has 3 heterocycles. The van der Waals surface area contributed by atoms with Gasteiger partial charge in [0, 0.05) is 22.8 Å². The van der Waals surface area contributed by atoms with E-state index in [1.54, 1.807) is 24.0 Å². The topological polar surface area (TPSA) is 51.8 Å². The second-order valence-electron chi connectivity index (χ2n) is 6.32. The van der Waals surface area contributed by atoms with E-state index in [1.165, 1.54) is 27.5 Å². The van der Waals surface area contributed by atoms with Gasteiger partial charge < -0.3 is 0 Å². The lowest BCUT2D eigenvalue weighted by atomic mass is 10.1. The van der Waals surface area contributed by atoms with Gasteiger partial charge in [-0.2, -0.15) is 0 Å². The summed E-state index contributed by atoms with van der Waals surface area (Å²) in [6.07, 6.45) is 3.44. The van der Waals surface area contributed by atoms with Crippen molar-refractivity contribution in [3.63, 3.8) is 0 Å². The van der Waals surface area contributed by atoms with Crippen LogP contribution in [0.1, 0.15) is 45.5 Å². The molecule has 0 aliphatic rings. The SMILES string of the molecule is Cc1nc(C(C)N(C)Cc2cc(C)n(-n3cnnc3)c2C)c(C)s1. The molecule has 128 valence electrons. The highest BCUT2D eigenvalue weighted by Gasteiger charge is 2.20. The van der Waals surface area contributed by atoms with Gasteiger partial charge in [-0.3, -0.25) is 9.58 Å². The van der Waals surface area contributed by atoms with E-state index in [2.05, 4.69) is 67.5 Å². The molecule has 0 N–H and O–H groups in total. The summed E-state index contributed by atoms with van der Waals surface area (Å²) in [4.78, 5) is 8.36. The standard InChI is InChI=1S/C17H24N6S/c1-11-7-16(12(2)23(11)22-9-18-19-10-22)8-21(6)13(3)17-14(4)24-15(5)20-17/h7,9-10,13H,8H2,1-6H3. The second kappa shape index (κ2) is 6.49. The molecular weight excluding hydrogens is 320 g/mol. The van der Waals surface area contributed by atoms with Gasteiger partial charge >= 0.3 is 0 Å². The summed E-state index contributed by atoms with van der Waals surface area (Å²) in [5.41, 5.74) is 4.87. The van der Waals surface area contributed by atoms with Crippen molar-refractivity contribution in [2.24, 2.45) is 0 Å². The minimum atomic E-state index is 0.285. The first kappa shape index (κ1) is 16.9. The van der Waals surface area contributed by atoms with Crippen LogP contribution in [0.25, 0.3) is 0 Å². The first-order chi connectivity index (χ1) is 11.4. The average Bonchev–Trinajstić information content (AvgIpc) is 3.20. The number of aromatic nitrogens is 5. The zero-order valence-corrected chi connectivity index (χ0v) is 15.9. The van der Waals surface area contributed by atoms with Gasteiger partial charge in [0.1, 0.15) is 12.7 Å². The molecule has 0 aliphatic heterocycles. The molecule has 24 heavy (non-hydrogen) atoms. The van der Waals surface area contributed by atoms with Crippen LogP contribution in [0.15, 0.2) is 18.7 Å². The Bertz CT molecular complexity index is 830. The highest BCUT2D eigenvalue weighted by Crippen LogP contribution is 2.28. The molecule has 7 heteroatoms. The first-order valence-electron chi connectivity index (χ1n) is 8.05. The Labute approximate surface area is 146 Å². The third-order valence-corrected chi connectivity index (χ3v) is 5.46. The molecule has 0 radical (unpaired) electrons. The van der Waals surface area contributed by atoms with Crippen molar-refractivity contribution in [2.75, 3.05) is 7.05 Å². The Morgan fingerprint density at radius 3 is 2.42 bits per heavy atom. The lowest BCUT2D eigenvalue weighted by Crippen LogP contribution is -2.23. The van der Waals surface area contributed by atoms with Gasteiger partial charge in [0.05, 0.1) is 16.7 Å². The van der Waals surface area contributed by atoms with Gasteiger partial charge in [-0.15, -0.1) is 21.5 Å². The lowest BCUT2D eigenvalue weighted by molar-refractivity contribution is 0.248. The predicted octanol–water partition coefficient (Wildman–Crippen LogP) is 3.27. The maximum Gasteiger partial charge on any atom is 0.139 e. The van der Waals surface area contributed by atoms with Crippen LogP contribution in [0.5, 0.6) is 0 Å². The third-order valence-electron chi connectivity index (χ3n) is 4.55. The van der Waals surface area contributed by atoms with E-state index in [0.717, 1.165) is 11.6 Å². The monoisotopic (exact) mass is 344 g/mol. The van der Waals surface area contributed by atoms with Crippen molar-refractivity contribution < 1.29 is 0 Å². The summed E-state index contributed by atoms with van der Waals surface area (Å²) in [6.45, 7) is 11.6. The number of hydrogen-bond donors (Lipinski definition) is 0. The van der Waals surface area contributed by atoms with E-state index in [9.17, 15) is 0 Å². The number of thiazole rings is 1. The highest BCUT2D eigenvalue weighted by molar-refractivity contribution is 7.11. The highest BCUT2D eigenvalue weighted by atomic mass is 32.1. The maximum absolute atomic E-state index is 4.71. The smallest absolute Gasteiger partial charge is 0.139 e. The van der Waals surface area contributed by atoms with Gasteiger partial charge in [0.2, 0.25) is 0 Å². The Kier molecular flexibility index (Phi) is 4.56. The van der Waals surface area contributed by atoms with Crippen LogP contribution in [0, 0.1) is 27.7 Å². The van der Waals surface area contributed by atoms with Crippen molar-refractivity contribution in [2.45, 2.75) is 47.2 Å². The van der Waals surface area contributed by atoms with Crippen molar-refractivity contribution in [3.05, 3.63) is 51.3 Å². The van der Waals surface area contributed by atoms with Gasteiger partial charge in [-0.25, -0.2) is 9.66 Å². The number of hydrogen-bond acceptors (Lipinski definition) is 5. The van der Waals surface area contributed by atoms with Crippen molar-refractivity contribution >= 4 is 11.3 Å². The molecule has 0 saturated heterocycles. The summed E-state index contributed by atoms with van der Waals surface area (Å²) in [6, 6.07) is 2.52. The molecule has 0 fully saturated rings. The van der Waals surface area contributed by atoms with Crippen LogP contribution in [0.2, 0.25) is 0 Å². The zero-order chi connectivity index (χ0) is 17.4. The molecule has 0 bridgehead atoms. The molecule has 1 unspecified atom stereocenters. The van der Waals surface area contributed by atoms with Crippen molar-refractivity contribution in [1.29, 1.82) is 0 Å². The number of rotatable bonds is 5. The van der Waals surface area contributed by atoms with Crippen LogP contribution >= 0.6 is 11.3 Å². The minimum absolute atomic E-state index is 0.285. The maximum atomic E-state index is 4.71. The molecule has 0 saturated carbocycles. The molecule has 6 nitrogen and oxygen atoms in total. The molecule has 1 atom stereocenters. The zero-order valence-electron chi connectivity index (χ0n) is 15.1. The molecule has 3 rings (SSSR count). The Morgan fingerprint density at radius 2 is 1.83 bits per heavy atom. The van der Waals surface area contributed by atoms with Crippen LogP contribution in [0.4, 0.5) is 0 Å². The summed E-state index contributed by atoms with van der Waals surface area (Å²) in [5.74, 6) is 0. The summed E-state index contributed by atoms with van der Waals surface area (Å²) in [7, 11) is 2.16. The second-order valence-corrected chi connectivity index (χ2v) is 7.72. The number of aryl methyl sites for hydroxylation is 3. The van der Waals surface area contributed by atoms with Crippen LogP contribution < -0.4 is 0 Å². The molecule has 0 amide bonds. The van der Waals surface area contributed by atoms with E-state index in [4.69, 9.17) is 4.98 Å². The normalized spacial score (nSPS) is 13.0. The average molecular weight is 344 g/mol. The van der Waals surface area contributed by atoms with Crippen molar-refractivity contribution in [3.8, 4) is 0 Å². The lowest BCUT2D eigenvalue weighted by Gasteiger charge is -2.24. The molecule has 0 aliphatic carbocycles. The van der Waals surface area contributed by atoms with Gasteiger partial charge in [-0.1, -0.05) is 0 Å². The van der Waals surface area contributed by atoms with E-state index < -0.39 is 0 Å². The van der Waals surface area contributed by atoms with E-state index in [-0.39, 0.29) is 6.04 Å². The Balaban J connectivity index is 1.83. The fraction of sp³-hybridized carbons (Fsp3) is 0.471. The number of nitrogens with zero attached hydrogens (tertiary/aromatic N) is 6. The Morgan fingerprint density at radius 1 is 1.17 bits per heavy atom. The molecule has 3 aromatic heterocycles. The fourth-order valence-corrected chi connectivity index (χ4v) is 4.09. The minimum Gasteiger partial charge on any atom is -0.294 e. The fourth-order valence-electron chi connectivity index (χ4n) is 3.18. The van der Waals surface area contributed by atoms with E-state index in [0.29, 0.717) is 0 Å².